The van der Waals surface area contributed by atoms with E-state index < -0.39 is 5.41 Å². The number of hydrogen-bond acceptors (Lipinski definition) is 5. The first-order chi connectivity index (χ1) is 19.2. The molecule has 3 aliphatic heterocycles. The summed E-state index contributed by atoms with van der Waals surface area (Å²) in [5.74, 6) is 4.14. The minimum Gasteiger partial charge on any atom is -0.461 e. The second-order valence-corrected chi connectivity index (χ2v) is 11.3. The van der Waals surface area contributed by atoms with E-state index in [4.69, 9.17) is 15.2 Å². The van der Waals surface area contributed by atoms with Crippen LogP contribution >= 0.6 is 0 Å². The second kappa shape index (κ2) is 9.98. The lowest BCUT2D eigenvalue weighted by Gasteiger charge is -2.47. The van der Waals surface area contributed by atoms with Gasteiger partial charge in [-0.3, -0.25) is 5.32 Å². The fraction of sp³-hybridized carbons (Fsp3) is 0.353. The number of allylic oxidation sites excluding steroid dienone is 3. The molecule has 3 aromatic carbocycles. The number of fused-ring (bicyclic) bond motifs is 7. The average Bonchev–Trinajstić information content (AvgIpc) is 2.99. The maximum Gasteiger partial charge on any atom is 0.132 e. The third kappa shape index (κ3) is 3.95. The Hall–Kier alpha value is -3.38. The van der Waals surface area contributed by atoms with Gasteiger partial charge in [0.15, 0.2) is 0 Å². The molecular weight excluding hydrogens is 482 g/mol. The van der Waals surface area contributed by atoms with E-state index in [9.17, 15) is 0 Å². The van der Waals surface area contributed by atoms with Crippen molar-refractivity contribution < 1.29 is 9.47 Å². The molecule has 4 N–H and O–H groups in total. The van der Waals surface area contributed by atoms with E-state index >= 15 is 0 Å². The Kier molecular flexibility index (Phi) is 6.31. The van der Waals surface area contributed by atoms with E-state index in [0.717, 1.165) is 71.2 Å². The number of hydrogen-bond donors (Lipinski definition) is 3. The topological polar surface area (TPSA) is 68.5 Å². The smallest absolute Gasteiger partial charge is 0.132 e. The molecule has 3 atom stereocenters. The molecule has 0 bridgehead atoms. The Morgan fingerprint density at radius 3 is 2.41 bits per heavy atom. The SMILES string of the molecule is CCCNC(N)c1ccc2c(c1)OC1=C(C=CC(C3CCCCN3)C1)C21c2ccccc2Oc2ccccc21. The molecule has 0 aromatic heterocycles. The summed E-state index contributed by atoms with van der Waals surface area (Å²) in [6.45, 7) is 4.12. The van der Waals surface area contributed by atoms with Gasteiger partial charge in [0.25, 0.3) is 0 Å². The standard InChI is InChI=1S/C34H37N3O2/c1-2-18-37-33(35)23-15-17-27-32(21-23)39-31-20-22(28-11-7-8-19-36-28)14-16-26(31)34(27)24-9-3-5-12-29(24)38-30-13-6-4-10-25(30)34/h3-6,9-10,12-17,21-22,28,33,36-37H,2,7-8,11,18-20,35H2,1H3. The second-order valence-electron chi connectivity index (χ2n) is 11.3. The number of nitrogens with two attached hydrogens (primary N) is 1. The van der Waals surface area contributed by atoms with Crippen molar-refractivity contribution in [3.63, 3.8) is 0 Å². The van der Waals surface area contributed by atoms with Crippen molar-refractivity contribution in [2.24, 2.45) is 11.7 Å². The van der Waals surface area contributed by atoms with Crippen molar-refractivity contribution in [2.45, 2.75) is 56.7 Å². The lowest BCUT2D eigenvalue weighted by Crippen LogP contribution is -2.43. The van der Waals surface area contributed by atoms with Crippen LogP contribution in [-0.2, 0) is 5.41 Å². The van der Waals surface area contributed by atoms with Gasteiger partial charge in [0.2, 0.25) is 0 Å². The quantitative estimate of drug-likeness (QED) is 0.338. The summed E-state index contributed by atoms with van der Waals surface area (Å²) in [5, 5.41) is 7.21. The van der Waals surface area contributed by atoms with Crippen LogP contribution < -0.4 is 25.8 Å². The zero-order valence-electron chi connectivity index (χ0n) is 22.6. The molecule has 3 aromatic rings. The molecule has 1 fully saturated rings. The van der Waals surface area contributed by atoms with Gasteiger partial charge < -0.3 is 20.5 Å². The van der Waals surface area contributed by atoms with E-state index in [1.165, 1.54) is 24.8 Å². The molecule has 3 heterocycles. The van der Waals surface area contributed by atoms with Crippen LogP contribution in [0, 0.1) is 5.92 Å². The van der Waals surface area contributed by atoms with Crippen LogP contribution in [0.3, 0.4) is 0 Å². The van der Waals surface area contributed by atoms with Crippen molar-refractivity contribution in [3.8, 4) is 17.2 Å². The molecule has 0 radical (unpaired) electrons. The van der Waals surface area contributed by atoms with Gasteiger partial charge in [-0.1, -0.05) is 74.0 Å². The van der Waals surface area contributed by atoms with Crippen molar-refractivity contribution >= 4 is 0 Å². The lowest BCUT2D eigenvalue weighted by molar-refractivity contribution is 0.282. The number of para-hydroxylation sites is 2. The highest BCUT2D eigenvalue weighted by Gasteiger charge is 2.52. The maximum atomic E-state index is 6.89. The minimum atomic E-state index is -0.532. The molecule has 200 valence electrons. The molecule has 1 saturated heterocycles. The molecular formula is C34H37N3O2. The molecule has 4 aliphatic rings. The van der Waals surface area contributed by atoms with Crippen LogP contribution in [0.2, 0.25) is 0 Å². The van der Waals surface area contributed by atoms with Crippen LogP contribution in [0.25, 0.3) is 0 Å². The van der Waals surface area contributed by atoms with Crippen LogP contribution in [-0.4, -0.2) is 19.1 Å². The monoisotopic (exact) mass is 519 g/mol. The van der Waals surface area contributed by atoms with Gasteiger partial charge in [-0.2, -0.15) is 0 Å². The normalized spacial score (nSPS) is 23.1. The third-order valence-electron chi connectivity index (χ3n) is 8.92. The molecule has 1 spiro atoms. The molecule has 5 heteroatoms. The van der Waals surface area contributed by atoms with Crippen LogP contribution in [0.4, 0.5) is 0 Å². The predicted molar refractivity (Wildman–Crippen MR) is 155 cm³/mol. The average molecular weight is 520 g/mol. The molecule has 0 saturated carbocycles. The highest BCUT2D eigenvalue weighted by atomic mass is 16.5. The van der Waals surface area contributed by atoms with E-state index in [1.807, 2.05) is 0 Å². The fourth-order valence-electron chi connectivity index (χ4n) is 7.05. The summed E-state index contributed by atoms with van der Waals surface area (Å²) in [6, 6.07) is 24.0. The first-order valence-corrected chi connectivity index (χ1v) is 14.5. The number of ether oxygens (including phenoxy) is 2. The summed E-state index contributed by atoms with van der Waals surface area (Å²) in [5.41, 5.74) is 11.7. The van der Waals surface area contributed by atoms with Crippen molar-refractivity contribution in [1.82, 2.24) is 10.6 Å². The first kappa shape index (κ1) is 24.6. The third-order valence-corrected chi connectivity index (χ3v) is 8.92. The molecule has 0 amide bonds. The van der Waals surface area contributed by atoms with Crippen LogP contribution in [0.5, 0.6) is 17.2 Å². The van der Waals surface area contributed by atoms with Crippen molar-refractivity contribution in [3.05, 3.63) is 112 Å². The number of nitrogens with one attached hydrogen (secondary N) is 2. The largest absolute Gasteiger partial charge is 0.461 e. The predicted octanol–water partition coefficient (Wildman–Crippen LogP) is 6.45. The zero-order chi connectivity index (χ0) is 26.4. The minimum absolute atomic E-state index is 0.245. The van der Waals surface area contributed by atoms with E-state index in [2.05, 4.69) is 96.4 Å². The Labute approximate surface area is 231 Å². The van der Waals surface area contributed by atoms with Gasteiger partial charge in [-0.25, -0.2) is 0 Å². The lowest BCUT2D eigenvalue weighted by atomic mass is 9.60. The summed E-state index contributed by atoms with van der Waals surface area (Å²) in [7, 11) is 0. The molecule has 1 aliphatic carbocycles. The summed E-state index contributed by atoms with van der Waals surface area (Å²) in [6.07, 6.45) is 10.2. The fourth-order valence-corrected chi connectivity index (χ4v) is 7.05. The Bertz CT molecular complexity index is 1410. The number of rotatable bonds is 5. The van der Waals surface area contributed by atoms with Gasteiger partial charge in [0, 0.05) is 34.7 Å². The highest BCUT2D eigenvalue weighted by molar-refractivity contribution is 5.74. The van der Waals surface area contributed by atoms with E-state index in [0.29, 0.717) is 12.0 Å². The van der Waals surface area contributed by atoms with Crippen LogP contribution in [0.1, 0.15) is 67.4 Å². The summed E-state index contributed by atoms with van der Waals surface area (Å²) >= 11 is 0. The molecule has 5 nitrogen and oxygen atoms in total. The Balaban J connectivity index is 1.43. The van der Waals surface area contributed by atoms with Crippen molar-refractivity contribution in [2.75, 3.05) is 13.1 Å². The number of benzene rings is 3. The van der Waals surface area contributed by atoms with Crippen LogP contribution in [0.15, 0.2) is 90.2 Å². The van der Waals surface area contributed by atoms with E-state index in [1.54, 1.807) is 0 Å². The summed E-state index contributed by atoms with van der Waals surface area (Å²) < 4.78 is 13.4. The van der Waals surface area contributed by atoms with E-state index in [-0.39, 0.29) is 6.17 Å². The van der Waals surface area contributed by atoms with Gasteiger partial charge in [-0.05, 0) is 62.0 Å². The Morgan fingerprint density at radius 1 is 0.949 bits per heavy atom. The molecule has 39 heavy (non-hydrogen) atoms. The van der Waals surface area contributed by atoms with Crippen molar-refractivity contribution in [1.29, 1.82) is 0 Å². The number of piperidine rings is 1. The highest BCUT2D eigenvalue weighted by Crippen LogP contribution is 2.61. The zero-order valence-corrected chi connectivity index (χ0v) is 22.6. The summed E-state index contributed by atoms with van der Waals surface area (Å²) in [4.78, 5) is 0. The van der Waals surface area contributed by atoms with Gasteiger partial charge in [0.1, 0.15) is 23.0 Å². The van der Waals surface area contributed by atoms with Gasteiger partial charge in [-0.15, -0.1) is 0 Å². The molecule has 3 unspecified atom stereocenters. The maximum absolute atomic E-state index is 6.89. The Morgan fingerprint density at radius 2 is 1.69 bits per heavy atom. The molecule has 7 rings (SSSR count). The van der Waals surface area contributed by atoms with Gasteiger partial charge >= 0.3 is 0 Å². The van der Waals surface area contributed by atoms with Gasteiger partial charge in [0.05, 0.1) is 11.6 Å². The first-order valence-electron chi connectivity index (χ1n) is 14.5.